The molecular formula is C5H10O3. The summed E-state index contributed by atoms with van der Waals surface area (Å²) in [6, 6.07) is 0. The highest BCUT2D eigenvalue weighted by Crippen LogP contribution is 1.84. The summed E-state index contributed by atoms with van der Waals surface area (Å²) in [6.07, 6.45) is -0.991. The van der Waals surface area contributed by atoms with Gasteiger partial charge < -0.3 is 9.84 Å². The van der Waals surface area contributed by atoms with Crippen LogP contribution in [0.15, 0.2) is 0 Å². The van der Waals surface area contributed by atoms with Crippen molar-refractivity contribution in [3.8, 4) is 0 Å². The molecule has 3 heteroatoms. The number of rotatable bonds is 2. The zero-order valence-electron chi connectivity index (χ0n) is 5.05. The van der Waals surface area contributed by atoms with Gasteiger partial charge in [-0.15, -0.1) is 0 Å². The van der Waals surface area contributed by atoms with Crippen LogP contribution < -0.4 is 0 Å². The fraction of sp³-hybridized carbons (Fsp3) is 0.800. The van der Waals surface area contributed by atoms with Gasteiger partial charge in [-0.2, -0.15) is 0 Å². The van der Waals surface area contributed by atoms with Gasteiger partial charge in [-0.25, -0.2) is 4.79 Å². The van der Waals surface area contributed by atoms with Crippen LogP contribution in [0.5, 0.6) is 0 Å². The minimum atomic E-state index is -0.991. The van der Waals surface area contributed by atoms with E-state index in [1.807, 2.05) is 0 Å². The minimum Gasteiger partial charge on any atom is -0.464 e. The molecule has 0 bridgehead atoms. The van der Waals surface area contributed by atoms with Crippen LogP contribution in [0, 0.1) is 0 Å². The second-order valence-electron chi connectivity index (χ2n) is 1.43. The summed E-state index contributed by atoms with van der Waals surface area (Å²) in [6.45, 7) is 3.39. The molecule has 0 aromatic heterocycles. The van der Waals surface area contributed by atoms with Gasteiger partial charge in [0.05, 0.1) is 6.61 Å². The average Bonchev–Trinajstić information content (AvgIpc) is 1.67. The van der Waals surface area contributed by atoms with Gasteiger partial charge in [0.15, 0.2) is 0 Å². The lowest BCUT2D eigenvalue weighted by Gasteiger charge is -2.01. The molecule has 0 aromatic rings. The SMILES string of the molecule is CCOC(=O)[C@@H](C)O. The topological polar surface area (TPSA) is 46.5 Å². The summed E-state index contributed by atoms with van der Waals surface area (Å²) in [4.78, 5) is 10.3. The van der Waals surface area contributed by atoms with Crippen LogP contribution in [-0.2, 0) is 9.53 Å². The Morgan fingerprint density at radius 3 is 2.50 bits per heavy atom. The standard InChI is InChI=1S/C5H10O3/c1-3-8-5(7)4(2)6/h4,6H,3H2,1-2H3/t4-/m1/s1. The van der Waals surface area contributed by atoms with Crippen molar-refractivity contribution in [1.29, 1.82) is 0 Å². The Morgan fingerprint density at radius 1 is 1.88 bits per heavy atom. The van der Waals surface area contributed by atoms with E-state index >= 15 is 0 Å². The molecule has 0 saturated carbocycles. The average molecular weight is 118 g/mol. The zero-order chi connectivity index (χ0) is 6.57. The van der Waals surface area contributed by atoms with Crippen molar-refractivity contribution in [2.45, 2.75) is 20.0 Å². The molecule has 1 N–H and O–H groups in total. The van der Waals surface area contributed by atoms with E-state index in [0.717, 1.165) is 0 Å². The summed E-state index contributed by atoms with van der Waals surface area (Å²) in [5.41, 5.74) is 0. The van der Waals surface area contributed by atoms with Gasteiger partial charge in [-0.3, -0.25) is 0 Å². The summed E-state index contributed by atoms with van der Waals surface area (Å²) >= 11 is 0. The quantitative estimate of drug-likeness (QED) is 0.516. The van der Waals surface area contributed by atoms with Crippen molar-refractivity contribution < 1.29 is 14.6 Å². The summed E-state index contributed by atoms with van der Waals surface area (Å²) in [5, 5.41) is 8.48. The Morgan fingerprint density at radius 2 is 2.38 bits per heavy atom. The van der Waals surface area contributed by atoms with E-state index in [1.54, 1.807) is 6.92 Å². The van der Waals surface area contributed by atoms with Crippen LogP contribution >= 0.6 is 0 Å². The third-order valence-corrected chi connectivity index (χ3v) is 0.628. The summed E-state index contributed by atoms with van der Waals surface area (Å²) in [7, 11) is 0. The number of hydrogen-bond donors (Lipinski definition) is 1. The van der Waals surface area contributed by atoms with Crippen LogP contribution in [0.25, 0.3) is 0 Å². The van der Waals surface area contributed by atoms with Crippen molar-refractivity contribution in [1.82, 2.24) is 0 Å². The van der Waals surface area contributed by atoms with Crippen LogP contribution in [0.2, 0.25) is 0 Å². The first-order valence-electron chi connectivity index (χ1n) is 2.53. The van der Waals surface area contributed by atoms with E-state index in [2.05, 4.69) is 4.74 Å². The molecule has 0 amide bonds. The maximum Gasteiger partial charge on any atom is 0.334 e. The number of hydrogen-bond acceptors (Lipinski definition) is 3. The third-order valence-electron chi connectivity index (χ3n) is 0.628. The molecule has 0 aliphatic rings. The number of carbonyl (C=O) groups is 1. The molecular weight excluding hydrogens is 108 g/mol. The highest BCUT2D eigenvalue weighted by Gasteiger charge is 2.07. The van der Waals surface area contributed by atoms with Gasteiger partial charge >= 0.3 is 5.97 Å². The highest BCUT2D eigenvalue weighted by atomic mass is 16.5. The van der Waals surface area contributed by atoms with Gasteiger partial charge in [0.25, 0.3) is 0 Å². The smallest absolute Gasteiger partial charge is 0.334 e. The molecule has 1 atom stereocenters. The normalized spacial score (nSPS) is 12.9. The first kappa shape index (κ1) is 7.43. The molecule has 0 aromatic carbocycles. The molecule has 0 aliphatic carbocycles. The number of carbonyl (C=O) groups excluding carboxylic acids is 1. The molecule has 48 valence electrons. The van der Waals surface area contributed by atoms with Crippen molar-refractivity contribution >= 4 is 5.97 Å². The van der Waals surface area contributed by atoms with E-state index < -0.39 is 12.1 Å². The van der Waals surface area contributed by atoms with Crippen LogP contribution in [0.3, 0.4) is 0 Å². The van der Waals surface area contributed by atoms with E-state index in [9.17, 15) is 4.79 Å². The lowest BCUT2D eigenvalue weighted by atomic mass is 10.4. The number of esters is 1. The molecule has 0 spiro atoms. The third kappa shape index (κ3) is 2.58. The minimum absolute atomic E-state index is 0.323. The molecule has 0 heterocycles. The molecule has 0 radical (unpaired) electrons. The molecule has 0 fully saturated rings. The van der Waals surface area contributed by atoms with Gasteiger partial charge in [0, 0.05) is 0 Å². The Balaban J connectivity index is 3.33. The van der Waals surface area contributed by atoms with E-state index in [4.69, 9.17) is 5.11 Å². The lowest BCUT2D eigenvalue weighted by Crippen LogP contribution is -2.18. The fourth-order valence-electron chi connectivity index (χ4n) is 0.263. The van der Waals surface area contributed by atoms with Gasteiger partial charge in [0.2, 0.25) is 0 Å². The van der Waals surface area contributed by atoms with Crippen molar-refractivity contribution in [3.05, 3.63) is 0 Å². The van der Waals surface area contributed by atoms with Crippen molar-refractivity contribution in [2.24, 2.45) is 0 Å². The predicted octanol–water partition coefficient (Wildman–Crippen LogP) is -0.0697. The van der Waals surface area contributed by atoms with E-state index in [1.165, 1.54) is 6.92 Å². The molecule has 8 heavy (non-hydrogen) atoms. The van der Waals surface area contributed by atoms with Crippen LogP contribution in [-0.4, -0.2) is 23.8 Å². The van der Waals surface area contributed by atoms with Gasteiger partial charge in [-0.05, 0) is 13.8 Å². The van der Waals surface area contributed by atoms with Crippen LogP contribution in [0.4, 0.5) is 0 Å². The van der Waals surface area contributed by atoms with Crippen molar-refractivity contribution in [2.75, 3.05) is 6.61 Å². The number of ether oxygens (including phenoxy) is 1. The molecule has 0 rings (SSSR count). The van der Waals surface area contributed by atoms with E-state index in [-0.39, 0.29) is 0 Å². The molecule has 0 aliphatic heterocycles. The molecule has 0 unspecified atom stereocenters. The predicted molar refractivity (Wildman–Crippen MR) is 28.3 cm³/mol. The maximum atomic E-state index is 10.3. The summed E-state index contributed by atoms with van der Waals surface area (Å²) < 4.78 is 4.41. The zero-order valence-corrected chi connectivity index (χ0v) is 5.05. The van der Waals surface area contributed by atoms with Crippen molar-refractivity contribution in [3.63, 3.8) is 0 Å². The number of aliphatic hydroxyl groups is 1. The Hall–Kier alpha value is -0.570. The fourth-order valence-corrected chi connectivity index (χ4v) is 0.263. The Bertz CT molecular complexity index is 77.7. The maximum absolute atomic E-state index is 10.3. The second-order valence-corrected chi connectivity index (χ2v) is 1.43. The highest BCUT2D eigenvalue weighted by molar-refractivity contribution is 5.73. The Labute approximate surface area is 48.3 Å². The summed E-state index contributed by atoms with van der Waals surface area (Å²) in [5.74, 6) is -0.562. The molecule has 0 saturated heterocycles. The van der Waals surface area contributed by atoms with Gasteiger partial charge in [0.1, 0.15) is 6.10 Å². The first-order valence-corrected chi connectivity index (χ1v) is 2.53. The monoisotopic (exact) mass is 118 g/mol. The largest absolute Gasteiger partial charge is 0.464 e. The molecule has 3 nitrogen and oxygen atoms in total. The Kier molecular flexibility index (Phi) is 3.19. The lowest BCUT2D eigenvalue weighted by molar-refractivity contribution is -0.151. The first-order chi connectivity index (χ1) is 3.68. The second kappa shape index (κ2) is 3.43. The van der Waals surface area contributed by atoms with Crippen LogP contribution in [0.1, 0.15) is 13.8 Å². The number of aliphatic hydroxyl groups excluding tert-OH is 1. The van der Waals surface area contributed by atoms with E-state index in [0.29, 0.717) is 6.61 Å². The van der Waals surface area contributed by atoms with Gasteiger partial charge in [-0.1, -0.05) is 0 Å².